The fourth-order valence-electron chi connectivity index (χ4n) is 3.06. The average molecular weight is 404 g/mol. The quantitative estimate of drug-likeness (QED) is 0.728. The van der Waals surface area contributed by atoms with Crippen LogP contribution in [0, 0.1) is 0 Å². The summed E-state index contributed by atoms with van der Waals surface area (Å²) in [4.78, 5) is 17.0. The van der Waals surface area contributed by atoms with Gasteiger partial charge in [-0.25, -0.2) is 0 Å². The molecule has 1 saturated heterocycles. The summed E-state index contributed by atoms with van der Waals surface area (Å²) in [5.74, 6) is -0.203. The third-order valence-electron chi connectivity index (χ3n) is 4.70. The van der Waals surface area contributed by atoms with Crippen LogP contribution in [0.5, 0.6) is 0 Å². The van der Waals surface area contributed by atoms with Crippen LogP contribution in [-0.4, -0.2) is 43.5 Å². The first kappa shape index (κ1) is 19.7. The molecule has 6 heteroatoms. The summed E-state index contributed by atoms with van der Waals surface area (Å²) >= 11 is 12.0. The minimum Gasteiger partial charge on any atom is -0.369 e. The fourth-order valence-corrected chi connectivity index (χ4v) is 3.54. The van der Waals surface area contributed by atoms with E-state index >= 15 is 0 Å². The number of hydrogen-bond acceptors (Lipinski definition) is 3. The smallest absolute Gasteiger partial charge is 0.248 e. The number of rotatable bonds is 5. The number of hydrogen-bond donors (Lipinski definition) is 1. The van der Waals surface area contributed by atoms with Crippen LogP contribution in [0.2, 0.25) is 10.0 Å². The molecule has 1 aliphatic rings. The van der Waals surface area contributed by atoms with Crippen LogP contribution < -0.4 is 10.2 Å². The lowest BCUT2D eigenvalue weighted by molar-refractivity contribution is -0.111. The SMILES string of the molecule is CCN1CCN(c2ccc(NC(=O)/C=C/c3ccc(Cl)cc3Cl)cc2)CC1. The first-order chi connectivity index (χ1) is 13.0. The first-order valence-electron chi connectivity index (χ1n) is 9.06. The topological polar surface area (TPSA) is 35.6 Å². The molecule has 3 rings (SSSR count). The Hall–Kier alpha value is -2.01. The highest BCUT2D eigenvalue weighted by atomic mass is 35.5. The molecule has 142 valence electrons. The van der Waals surface area contributed by atoms with E-state index in [1.807, 2.05) is 12.1 Å². The summed E-state index contributed by atoms with van der Waals surface area (Å²) in [5.41, 5.74) is 2.70. The molecule has 0 aliphatic carbocycles. The molecule has 1 fully saturated rings. The van der Waals surface area contributed by atoms with Crippen LogP contribution in [0.25, 0.3) is 6.08 Å². The molecule has 27 heavy (non-hydrogen) atoms. The molecule has 4 nitrogen and oxygen atoms in total. The number of carbonyl (C=O) groups excluding carboxylic acids is 1. The number of halogens is 2. The van der Waals surface area contributed by atoms with E-state index in [0.29, 0.717) is 10.0 Å². The van der Waals surface area contributed by atoms with Crippen LogP contribution in [0.1, 0.15) is 12.5 Å². The highest BCUT2D eigenvalue weighted by Crippen LogP contribution is 2.22. The van der Waals surface area contributed by atoms with Crippen LogP contribution >= 0.6 is 23.2 Å². The van der Waals surface area contributed by atoms with Gasteiger partial charge in [-0.3, -0.25) is 4.79 Å². The van der Waals surface area contributed by atoms with Gasteiger partial charge in [0.2, 0.25) is 5.91 Å². The van der Waals surface area contributed by atoms with E-state index in [4.69, 9.17) is 23.2 Å². The molecule has 1 heterocycles. The lowest BCUT2D eigenvalue weighted by Crippen LogP contribution is -2.46. The third kappa shape index (κ3) is 5.48. The van der Waals surface area contributed by atoms with Gasteiger partial charge >= 0.3 is 0 Å². The van der Waals surface area contributed by atoms with Crippen LogP contribution in [-0.2, 0) is 4.79 Å². The van der Waals surface area contributed by atoms with Gasteiger partial charge in [0.25, 0.3) is 0 Å². The van der Waals surface area contributed by atoms with Gasteiger partial charge in [-0.2, -0.15) is 0 Å². The zero-order chi connectivity index (χ0) is 19.2. The van der Waals surface area contributed by atoms with E-state index in [2.05, 4.69) is 34.2 Å². The molecular weight excluding hydrogens is 381 g/mol. The average Bonchev–Trinajstić information content (AvgIpc) is 2.68. The summed E-state index contributed by atoms with van der Waals surface area (Å²) in [5, 5.41) is 3.95. The maximum Gasteiger partial charge on any atom is 0.248 e. The van der Waals surface area contributed by atoms with Gasteiger partial charge in [0.15, 0.2) is 0 Å². The minimum absolute atomic E-state index is 0.203. The number of piperazine rings is 1. The van der Waals surface area contributed by atoms with E-state index in [9.17, 15) is 4.79 Å². The van der Waals surface area contributed by atoms with Crippen molar-refractivity contribution in [3.8, 4) is 0 Å². The molecular formula is C21H23Cl2N3O. The van der Waals surface area contributed by atoms with Gasteiger partial charge in [0.1, 0.15) is 0 Å². The molecule has 0 bridgehead atoms. The zero-order valence-electron chi connectivity index (χ0n) is 15.3. The largest absolute Gasteiger partial charge is 0.369 e. The molecule has 1 aliphatic heterocycles. The Balaban J connectivity index is 1.56. The maximum atomic E-state index is 12.1. The Bertz CT molecular complexity index is 813. The second-order valence-corrected chi connectivity index (χ2v) is 7.30. The molecule has 2 aromatic carbocycles. The lowest BCUT2D eigenvalue weighted by atomic mass is 10.2. The molecule has 0 unspecified atom stereocenters. The molecule has 0 spiro atoms. The summed E-state index contributed by atoms with van der Waals surface area (Å²) < 4.78 is 0. The minimum atomic E-state index is -0.203. The molecule has 0 radical (unpaired) electrons. The normalized spacial score (nSPS) is 15.3. The van der Waals surface area contributed by atoms with Gasteiger partial charge in [0.05, 0.1) is 0 Å². The number of amides is 1. The van der Waals surface area contributed by atoms with E-state index in [1.54, 1.807) is 24.3 Å². The van der Waals surface area contributed by atoms with Crippen molar-refractivity contribution in [1.29, 1.82) is 0 Å². The number of anilines is 2. The second kappa shape index (κ2) is 9.27. The lowest BCUT2D eigenvalue weighted by Gasteiger charge is -2.35. The summed E-state index contributed by atoms with van der Waals surface area (Å²) in [6, 6.07) is 13.1. The molecule has 0 saturated carbocycles. The monoisotopic (exact) mass is 403 g/mol. The number of nitrogens with zero attached hydrogens (tertiary/aromatic N) is 2. The maximum absolute atomic E-state index is 12.1. The van der Waals surface area contributed by atoms with Gasteiger partial charge < -0.3 is 15.1 Å². The molecule has 0 aromatic heterocycles. The van der Waals surface area contributed by atoms with Gasteiger partial charge in [0, 0.05) is 53.7 Å². The van der Waals surface area contributed by atoms with E-state index in [0.717, 1.165) is 44.0 Å². The summed E-state index contributed by atoms with van der Waals surface area (Å²) in [6.07, 6.45) is 3.14. The fraction of sp³-hybridized carbons (Fsp3) is 0.286. The predicted octanol–water partition coefficient (Wildman–Crippen LogP) is 4.79. The zero-order valence-corrected chi connectivity index (χ0v) is 16.8. The number of benzene rings is 2. The van der Waals surface area contributed by atoms with Crippen molar-refractivity contribution in [3.63, 3.8) is 0 Å². The standard InChI is InChI=1S/C21H23Cl2N3O/c1-2-25-11-13-26(14-12-25)19-8-6-18(7-9-19)24-21(27)10-4-16-3-5-17(22)15-20(16)23/h3-10,15H,2,11-14H2,1H3,(H,24,27)/b10-4+. The Morgan fingerprint density at radius 2 is 1.78 bits per heavy atom. The molecule has 2 aromatic rings. The van der Waals surface area contributed by atoms with Gasteiger partial charge in [-0.15, -0.1) is 0 Å². The highest BCUT2D eigenvalue weighted by Gasteiger charge is 2.15. The van der Waals surface area contributed by atoms with E-state index in [1.165, 1.54) is 11.8 Å². The third-order valence-corrected chi connectivity index (χ3v) is 5.26. The van der Waals surface area contributed by atoms with Crippen molar-refractivity contribution in [1.82, 2.24) is 4.90 Å². The summed E-state index contributed by atoms with van der Waals surface area (Å²) in [7, 11) is 0. The first-order valence-corrected chi connectivity index (χ1v) is 9.82. The molecule has 1 amide bonds. The van der Waals surface area contributed by atoms with Crippen LogP contribution in [0.15, 0.2) is 48.5 Å². The van der Waals surface area contributed by atoms with Crippen molar-refractivity contribution in [2.75, 3.05) is 42.9 Å². The second-order valence-electron chi connectivity index (χ2n) is 6.46. The van der Waals surface area contributed by atoms with E-state index < -0.39 is 0 Å². The van der Waals surface area contributed by atoms with E-state index in [-0.39, 0.29) is 5.91 Å². The van der Waals surface area contributed by atoms with Gasteiger partial charge in [-0.05, 0) is 54.6 Å². The summed E-state index contributed by atoms with van der Waals surface area (Å²) in [6.45, 7) is 7.55. The molecule has 1 N–H and O–H groups in total. The van der Waals surface area contributed by atoms with Crippen molar-refractivity contribution < 1.29 is 4.79 Å². The van der Waals surface area contributed by atoms with Gasteiger partial charge in [-0.1, -0.05) is 36.2 Å². The Morgan fingerprint density at radius 1 is 1.07 bits per heavy atom. The predicted molar refractivity (Wildman–Crippen MR) is 115 cm³/mol. The van der Waals surface area contributed by atoms with Crippen molar-refractivity contribution in [2.24, 2.45) is 0 Å². The number of carbonyl (C=O) groups is 1. The highest BCUT2D eigenvalue weighted by molar-refractivity contribution is 6.35. The molecule has 0 atom stereocenters. The van der Waals surface area contributed by atoms with Crippen LogP contribution in [0.4, 0.5) is 11.4 Å². The van der Waals surface area contributed by atoms with Crippen molar-refractivity contribution in [3.05, 3.63) is 64.1 Å². The Kier molecular flexibility index (Phi) is 6.78. The van der Waals surface area contributed by atoms with Crippen LogP contribution in [0.3, 0.4) is 0 Å². The Morgan fingerprint density at radius 3 is 2.41 bits per heavy atom. The number of nitrogens with one attached hydrogen (secondary N) is 1. The Labute approximate surface area is 170 Å². The van der Waals surface area contributed by atoms with Crippen molar-refractivity contribution in [2.45, 2.75) is 6.92 Å². The van der Waals surface area contributed by atoms with Crippen molar-refractivity contribution >= 4 is 46.6 Å². The number of likely N-dealkylation sites (N-methyl/N-ethyl adjacent to an activating group) is 1.